The third-order valence-corrected chi connectivity index (χ3v) is 4.20. The SMILES string of the molecule is C=C(C)Cn1c(CNC(=O)c2ccc(Br)cc2)nc2ccccc21. The van der Waals surface area contributed by atoms with Crippen LogP contribution in [0.4, 0.5) is 0 Å². The Morgan fingerprint density at radius 2 is 1.92 bits per heavy atom. The van der Waals surface area contributed by atoms with Gasteiger partial charge in [0.2, 0.25) is 0 Å². The topological polar surface area (TPSA) is 46.9 Å². The summed E-state index contributed by atoms with van der Waals surface area (Å²) in [5, 5.41) is 2.94. The Morgan fingerprint density at radius 3 is 2.62 bits per heavy atom. The Bertz CT molecular complexity index is 897. The summed E-state index contributed by atoms with van der Waals surface area (Å²) in [5.74, 6) is 0.709. The van der Waals surface area contributed by atoms with Gasteiger partial charge in [0, 0.05) is 16.6 Å². The molecule has 0 radical (unpaired) electrons. The maximum atomic E-state index is 12.3. The highest BCUT2D eigenvalue weighted by molar-refractivity contribution is 9.10. The second-order valence-electron chi connectivity index (χ2n) is 5.75. The van der Waals surface area contributed by atoms with Gasteiger partial charge in [-0.3, -0.25) is 4.79 Å². The normalized spacial score (nSPS) is 10.8. The van der Waals surface area contributed by atoms with Crippen LogP contribution in [0.25, 0.3) is 11.0 Å². The average molecular weight is 384 g/mol. The highest BCUT2D eigenvalue weighted by atomic mass is 79.9. The van der Waals surface area contributed by atoms with Crippen molar-refractivity contribution >= 4 is 32.9 Å². The molecular weight excluding hydrogens is 366 g/mol. The number of carbonyl (C=O) groups is 1. The number of nitrogens with zero attached hydrogens (tertiary/aromatic N) is 2. The van der Waals surface area contributed by atoms with Gasteiger partial charge < -0.3 is 9.88 Å². The predicted molar refractivity (Wildman–Crippen MR) is 99.9 cm³/mol. The molecule has 0 atom stereocenters. The van der Waals surface area contributed by atoms with Gasteiger partial charge in [-0.25, -0.2) is 4.98 Å². The lowest BCUT2D eigenvalue weighted by molar-refractivity contribution is 0.0949. The standard InChI is InChI=1S/C19H18BrN3O/c1-13(2)12-23-17-6-4-3-5-16(17)22-18(23)11-21-19(24)14-7-9-15(20)10-8-14/h3-10H,1,11-12H2,2H3,(H,21,24). The summed E-state index contributed by atoms with van der Waals surface area (Å²) in [7, 11) is 0. The van der Waals surface area contributed by atoms with Gasteiger partial charge in [0.1, 0.15) is 5.82 Å². The van der Waals surface area contributed by atoms with Crippen LogP contribution >= 0.6 is 15.9 Å². The number of amides is 1. The fourth-order valence-corrected chi connectivity index (χ4v) is 2.83. The molecular formula is C19H18BrN3O. The number of hydrogen-bond donors (Lipinski definition) is 1. The number of aromatic nitrogens is 2. The number of imidazole rings is 1. The summed E-state index contributed by atoms with van der Waals surface area (Å²) < 4.78 is 3.04. The number of hydrogen-bond acceptors (Lipinski definition) is 2. The average Bonchev–Trinajstić information content (AvgIpc) is 2.90. The highest BCUT2D eigenvalue weighted by Gasteiger charge is 2.12. The quantitative estimate of drug-likeness (QED) is 0.667. The van der Waals surface area contributed by atoms with Crippen molar-refractivity contribution in [3.8, 4) is 0 Å². The fourth-order valence-electron chi connectivity index (χ4n) is 2.57. The van der Waals surface area contributed by atoms with E-state index in [2.05, 4.69) is 37.4 Å². The Hall–Kier alpha value is -2.40. The number of rotatable bonds is 5. The van der Waals surface area contributed by atoms with Crippen molar-refractivity contribution in [3.05, 3.63) is 76.5 Å². The van der Waals surface area contributed by atoms with Crippen LogP contribution in [-0.4, -0.2) is 15.5 Å². The summed E-state index contributed by atoms with van der Waals surface area (Å²) in [6.07, 6.45) is 0. The molecule has 122 valence electrons. The van der Waals surface area contributed by atoms with E-state index in [4.69, 9.17) is 0 Å². The molecule has 1 N–H and O–H groups in total. The Balaban J connectivity index is 1.82. The molecule has 0 aliphatic heterocycles. The third-order valence-electron chi connectivity index (χ3n) is 3.68. The van der Waals surface area contributed by atoms with E-state index < -0.39 is 0 Å². The lowest BCUT2D eigenvalue weighted by Gasteiger charge is -2.10. The van der Waals surface area contributed by atoms with Crippen LogP contribution in [0.1, 0.15) is 23.1 Å². The number of benzene rings is 2. The zero-order valence-electron chi connectivity index (χ0n) is 13.4. The molecule has 0 bridgehead atoms. The number of halogens is 1. The molecule has 4 nitrogen and oxygen atoms in total. The van der Waals surface area contributed by atoms with Crippen LogP contribution in [0.2, 0.25) is 0 Å². The number of allylic oxidation sites excluding steroid dienone is 1. The first kappa shape index (κ1) is 16.5. The van der Waals surface area contributed by atoms with Gasteiger partial charge in [-0.1, -0.05) is 40.2 Å². The molecule has 1 aromatic heterocycles. The van der Waals surface area contributed by atoms with E-state index >= 15 is 0 Å². The summed E-state index contributed by atoms with van der Waals surface area (Å²) >= 11 is 3.37. The number of nitrogens with one attached hydrogen (secondary N) is 1. The van der Waals surface area contributed by atoms with E-state index in [1.807, 2.05) is 43.3 Å². The van der Waals surface area contributed by atoms with E-state index in [-0.39, 0.29) is 5.91 Å². The van der Waals surface area contributed by atoms with Crippen LogP contribution in [0.3, 0.4) is 0 Å². The molecule has 3 rings (SSSR count). The lowest BCUT2D eigenvalue weighted by Crippen LogP contribution is -2.24. The molecule has 3 aromatic rings. The van der Waals surface area contributed by atoms with Gasteiger partial charge in [-0.15, -0.1) is 0 Å². The maximum Gasteiger partial charge on any atom is 0.251 e. The van der Waals surface area contributed by atoms with Crippen molar-refractivity contribution < 1.29 is 4.79 Å². The van der Waals surface area contributed by atoms with Crippen LogP contribution < -0.4 is 5.32 Å². The molecule has 0 saturated heterocycles. The predicted octanol–water partition coefficient (Wildman–Crippen LogP) is 4.30. The van der Waals surface area contributed by atoms with E-state index in [0.717, 1.165) is 26.9 Å². The Kier molecular flexibility index (Phi) is 4.81. The van der Waals surface area contributed by atoms with E-state index in [0.29, 0.717) is 18.7 Å². The monoisotopic (exact) mass is 383 g/mol. The van der Waals surface area contributed by atoms with E-state index in [9.17, 15) is 4.79 Å². The van der Waals surface area contributed by atoms with Gasteiger partial charge in [0.05, 0.1) is 17.6 Å². The van der Waals surface area contributed by atoms with Crippen molar-refractivity contribution in [1.82, 2.24) is 14.9 Å². The van der Waals surface area contributed by atoms with Crippen LogP contribution in [-0.2, 0) is 13.1 Å². The zero-order chi connectivity index (χ0) is 17.1. The summed E-state index contributed by atoms with van der Waals surface area (Å²) in [5.41, 5.74) is 3.64. The first-order valence-corrected chi connectivity index (χ1v) is 8.46. The highest BCUT2D eigenvalue weighted by Crippen LogP contribution is 2.17. The Morgan fingerprint density at radius 1 is 1.21 bits per heavy atom. The summed E-state index contributed by atoms with van der Waals surface area (Å²) in [4.78, 5) is 16.9. The molecule has 1 amide bonds. The molecule has 0 aliphatic carbocycles. The molecule has 0 aliphatic rings. The fraction of sp³-hybridized carbons (Fsp3) is 0.158. The van der Waals surface area contributed by atoms with Crippen molar-refractivity contribution in [2.24, 2.45) is 0 Å². The van der Waals surface area contributed by atoms with Crippen molar-refractivity contribution in [2.45, 2.75) is 20.0 Å². The van der Waals surface area contributed by atoms with E-state index in [1.165, 1.54) is 0 Å². The number of para-hydroxylation sites is 2. The van der Waals surface area contributed by atoms with Gasteiger partial charge in [0.15, 0.2) is 0 Å². The second-order valence-corrected chi connectivity index (χ2v) is 6.67. The van der Waals surface area contributed by atoms with Gasteiger partial charge in [0.25, 0.3) is 5.91 Å². The van der Waals surface area contributed by atoms with Crippen molar-refractivity contribution in [3.63, 3.8) is 0 Å². The smallest absolute Gasteiger partial charge is 0.251 e. The lowest BCUT2D eigenvalue weighted by atomic mass is 10.2. The van der Waals surface area contributed by atoms with Crippen molar-refractivity contribution in [2.75, 3.05) is 0 Å². The Labute approximate surface area is 149 Å². The largest absolute Gasteiger partial charge is 0.345 e. The molecule has 5 heteroatoms. The van der Waals surface area contributed by atoms with E-state index in [1.54, 1.807) is 12.1 Å². The molecule has 0 saturated carbocycles. The summed E-state index contributed by atoms with van der Waals surface area (Å²) in [6.45, 7) is 7.03. The first-order valence-electron chi connectivity index (χ1n) is 7.67. The molecule has 2 aromatic carbocycles. The molecule has 24 heavy (non-hydrogen) atoms. The van der Waals surface area contributed by atoms with Crippen molar-refractivity contribution in [1.29, 1.82) is 0 Å². The molecule has 0 spiro atoms. The van der Waals surface area contributed by atoms with Gasteiger partial charge in [-0.05, 0) is 43.3 Å². The molecule has 1 heterocycles. The van der Waals surface area contributed by atoms with Gasteiger partial charge in [-0.2, -0.15) is 0 Å². The number of fused-ring (bicyclic) bond motifs is 1. The minimum atomic E-state index is -0.114. The zero-order valence-corrected chi connectivity index (χ0v) is 15.0. The molecule has 0 fully saturated rings. The maximum absolute atomic E-state index is 12.3. The van der Waals surface area contributed by atoms with Crippen LogP contribution in [0.5, 0.6) is 0 Å². The van der Waals surface area contributed by atoms with Crippen LogP contribution in [0.15, 0.2) is 65.2 Å². The van der Waals surface area contributed by atoms with Gasteiger partial charge >= 0.3 is 0 Å². The minimum absolute atomic E-state index is 0.114. The van der Waals surface area contributed by atoms with Crippen LogP contribution in [0, 0.1) is 0 Å². The minimum Gasteiger partial charge on any atom is -0.345 e. The third kappa shape index (κ3) is 3.57. The second kappa shape index (κ2) is 7.01. The summed E-state index contributed by atoms with van der Waals surface area (Å²) in [6, 6.07) is 15.2. The molecule has 0 unspecified atom stereocenters. The first-order chi connectivity index (χ1) is 11.5. The number of carbonyl (C=O) groups excluding carboxylic acids is 1.